The summed E-state index contributed by atoms with van der Waals surface area (Å²) >= 11 is -2.56. The molecule has 1 N–H and O–H groups in total. The van der Waals surface area contributed by atoms with Crippen LogP contribution in [0, 0.1) is 22.9 Å². The molecule has 7 heteroatoms. The number of rotatable bonds is 2. The van der Waals surface area contributed by atoms with Gasteiger partial charge in [0.15, 0.2) is 11.1 Å². The zero-order chi connectivity index (χ0) is 10.9. The van der Waals surface area contributed by atoms with Crippen molar-refractivity contribution >= 4 is 16.8 Å². The van der Waals surface area contributed by atoms with Crippen LogP contribution < -0.4 is 0 Å². The summed E-state index contributed by atoms with van der Waals surface area (Å²) in [6.45, 7) is 1.29. The van der Waals surface area contributed by atoms with Gasteiger partial charge in [-0.2, -0.15) is 0 Å². The van der Waals surface area contributed by atoms with Gasteiger partial charge in [0, 0.05) is 12.1 Å². The molecule has 0 fully saturated rings. The number of benzene rings is 1. The molecule has 0 saturated carbocycles. The Morgan fingerprint density at radius 2 is 2.14 bits per heavy atom. The van der Waals surface area contributed by atoms with E-state index in [0.29, 0.717) is 0 Å². The molecule has 1 aromatic carbocycles. The highest BCUT2D eigenvalue weighted by atomic mass is 32.2. The minimum absolute atomic E-state index is 0.0309. The number of hydrogen-bond donors (Lipinski definition) is 1. The lowest BCUT2D eigenvalue weighted by atomic mass is 10.2. The molecule has 0 heterocycles. The third kappa shape index (κ3) is 1.94. The monoisotopic (exact) mass is 219 g/mol. The van der Waals surface area contributed by atoms with Crippen molar-refractivity contribution in [3.8, 4) is 0 Å². The van der Waals surface area contributed by atoms with E-state index in [4.69, 9.17) is 4.55 Å². The topological polar surface area (TPSA) is 80.4 Å². The summed E-state index contributed by atoms with van der Waals surface area (Å²) < 4.78 is 32.4. The van der Waals surface area contributed by atoms with Gasteiger partial charge >= 0.3 is 0 Å². The molecular weight excluding hydrogens is 213 g/mol. The third-order valence-electron chi connectivity index (χ3n) is 1.60. The summed E-state index contributed by atoms with van der Waals surface area (Å²) in [6, 6.07) is 1.75. The van der Waals surface area contributed by atoms with Crippen LogP contribution in [0.5, 0.6) is 0 Å². The van der Waals surface area contributed by atoms with Crippen LogP contribution in [0.25, 0.3) is 0 Å². The van der Waals surface area contributed by atoms with Gasteiger partial charge in [-0.15, -0.1) is 0 Å². The summed E-state index contributed by atoms with van der Waals surface area (Å²) in [5.74, 6) is -0.892. The van der Waals surface area contributed by atoms with Gasteiger partial charge in [-0.3, -0.25) is 10.1 Å². The number of nitro benzene ring substituents is 1. The average Bonchev–Trinajstić information content (AvgIpc) is 2.08. The van der Waals surface area contributed by atoms with Crippen molar-refractivity contribution in [3.63, 3.8) is 0 Å². The van der Waals surface area contributed by atoms with Crippen LogP contribution in [-0.4, -0.2) is 13.7 Å². The molecule has 0 aromatic heterocycles. The molecule has 1 atom stereocenters. The second-order valence-electron chi connectivity index (χ2n) is 2.58. The van der Waals surface area contributed by atoms with E-state index in [1.165, 1.54) is 6.92 Å². The Balaban J connectivity index is 3.43. The van der Waals surface area contributed by atoms with Crippen LogP contribution in [0.4, 0.5) is 10.1 Å². The van der Waals surface area contributed by atoms with Crippen molar-refractivity contribution in [2.45, 2.75) is 11.8 Å². The van der Waals surface area contributed by atoms with Gasteiger partial charge < -0.3 is 4.55 Å². The first-order valence-electron chi connectivity index (χ1n) is 3.49. The molecule has 0 aliphatic carbocycles. The van der Waals surface area contributed by atoms with Gasteiger partial charge in [0.25, 0.3) is 5.69 Å². The lowest BCUT2D eigenvalue weighted by Crippen LogP contribution is -1.99. The van der Waals surface area contributed by atoms with E-state index in [1.54, 1.807) is 0 Å². The number of nitrogens with zero attached hydrogens (tertiary/aromatic N) is 1. The molecule has 0 amide bonds. The second-order valence-corrected chi connectivity index (χ2v) is 3.52. The van der Waals surface area contributed by atoms with E-state index < -0.39 is 32.4 Å². The fraction of sp³-hybridized carbons (Fsp3) is 0.143. The third-order valence-corrected chi connectivity index (χ3v) is 2.28. The minimum atomic E-state index is -2.56. The number of aryl methyl sites for hydroxylation is 1. The standard InChI is InChI=1S/C7H6FNO4S/c1-4-2-5(9(10)11)3-6(7(4)8)14(12)13/h2-3H,1H3,(H,12,13). The van der Waals surface area contributed by atoms with Crippen LogP contribution in [-0.2, 0) is 11.1 Å². The average molecular weight is 219 g/mol. The SMILES string of the molecule is Cc1cc([N+](=O)[O-])cc(S(=O)O)c1F. The molecule has 0 saturated heterocycles. The zero-order valence-electron chi connectivity index (χ0n) is 7.06. The molecule has 1 unspecified atom stereocenters. The minimum Gasteiger partial charge on any atom is -0.302 e. The van der Waals surface area contributed by atoms with Crippen LogP contribution in [0.15, 0.2) is 17.0 Å². The number of hydrogen-bond acceptors (Lipinski definition) is 3. The normalized spacial score (nSPS) is 12.5. The molecule has 76 valence electrons. The van der Waals surface area contributed by atoms with Crippen LogP contribution in [0.3, 0.4) is 0 Å². The predicted octanol–water partition coefficient (Wildman–Crippen LogP) is 1.62. The van der Waals surface area contributed by atoms with Crippen molar-refractivity contribution < 1.29 is 18.1 Å². The molecule has 0 aliphatic heterocycles. The van der Waals surface area contributed by atoms with Crippen molar-refractivity contribution in [2.24, 2.45) is 0 Å². The smallest absolute Gasteiger partial charge is 0.271 e. The number of halogens is 1. The molecule has 0 radical (unpaired) electrons. The molecule has 0 aliphatic rings. The van der Waals surface area contributed by atoms with E-state index in [9.17, 15) is 18.7 Å². The Bertz CT molecular complexity index is 420. The van der Waals surface area contributed by atoms with E-state index in [2.05, 4.69) is 0 Å². The number of non-ortho nitro benzene ring substituents is 1. The molecule has 0 spiro atoms. The molecule has 1 aromatic rings. The maximum atomic E-state index is 13.1. The lowest BCUT2D eigenvalue weighted by Gasteiger charge is -2.01. The van der Waals surface area contributed by atoms with E-state index in [-0.39, 0.29) is 5.56 Å². The van der Waals surface area contributed by atoms with Gasteiger partial charge in [-0.05, 0) is 12.5 Å². The largest absolute Gasteiger partial charge is 0.302 e. The maximum absolute atomic E-state index is 13.1. The van der Waals surface area contributed by atoms with Gasteiger partial charge in [0.1, 0.15) is 10.7 Å². The fourth-order valence-corrected chi connectivity index (χ4v) is 1.49. The zero-order valence-corrected chi connectivity index (χ0v) is 7.88. The molecule has 14 heavy (non-hydrogen) atoms. The molecule has 1 rings (SSSR count). The van der Waals surface area contributed by atoms with Crippen molar-refractivity contribution in [2.75, 3.05) is 0 Å². The van der Waals surface area contributed by atoms with Crippen molar-refractivity contribution in [1.29, 1.82) is 0 Å². The summed E-state index contributed by atoms with van der Waals surface area (Å²) in [6.07, 6.45) is 0. The highest BCUT2D eigenvalue weighted by Gasteiger charge is 2.17. The van der Waals surface area contributed by atoms with Crippen LogP contribution >= 0.6 is 0 Å². The van der Waals surface area contributed by atoms with Gasteiger partial charge in [0.05, 0.1) is 4.92 Å². The maximum Gasteiger partial charge on any atom is 0.271 e. The molecule has 0 bridgehead atoms. The Morgan fingerprint density at radius 3 is 2.57 bits per heavy atom. The predicted molar refractivity (Wildman–Crippen MR) is 46.8 cm³/mol. The summed E-state index contributed by atoms with van der Waals surface area (Å²) in [5.41, 5.74) is -0.432. The second kappa shape index (κ2) is 3.81. The molecule has 5 nitrogen and oxygen atoms in total. The first-order valence-corrected chi connectivity index (χ1v) is 4.59. The van der Waals surface area contributed by atoms with Crippen molar-refractivity contribution in [1.82, 2.24) is 0 Å². The Labute approximate surface area is 81.0 Å². The summed E-state index contributed by atoms with van der Waals surface area (Å²) in [5, 5.41) is 10.3. The van der Waals surface area contributed by atoms with E-state index in [1.807, 2.05) is 0 Å². The number of nitro groups is 1. The van der Waals surface area contributed by atoms with Gasteiger partial charge in [-0.1, -0.05) is 0 Å². The Morgan fingerprint density at radius 1 is 1.57 bits per heavy atom. The molecular formula is C7H6FNO4S. The van der Waals surface area contributed by atoms with Crippen LogP contribution in [0.2, 0.25) is 0 Å². The Kier molecular flexibility index (Phi) is 2.92. The van der Waals surface area contributed by atoms with Crippen LogP contribution in [0.1, 0.15) is 5.56 Å². The first-order chi connectivity index (χ1) is 6.43. The quantitative estimate of drug-likeness (QED) is 0.465. The van der Waals surface area contributed by atoms with Gasteiger partial charge in [-0.25, -0.2) is 8.60 Å². The highest BCUT2D eigenvalue weighted by Crippen LogP contribution is 2.22. The Hall–Kier alpha value is -1.34. The fourth-order valence-electron chi connectivity index (χ4n) is 0.951. The van der Waals surface area contributed by atoms with E-state index >= 15 is 0 Å². The lowest BCUT2D eigenvalue weighted by molar-refractivity contribution is -0.385. The summed E-state index contributed by atoms with van der Waals surface area (Å²) in [7, 11) is 0. The van der Waals surface area contributed by atoms with Gasteiger partial charge in [0.2, 0.25) is 0 Å². The van der Waals surface area contributed by atoms with E-state index in [0.717, 1.165) is 12.1 Å². The highest BCUT2D eigenvalue weighted by molar-refractivity contribution is 7.79. The first kappa shape index (κ1) is 10.7. The summed E-state index contributed by atoms with van der Waals surface area (Å²) in [4.78, 5) is 9.02. The van der Waals surface area contributed by atoms with Crippen molar-refractivity contribution in [3.05, 3.63) is 33.6 Å².